The second kappa shape index (κ2) is 44.8. The van der Waals surface area contributed by atoms with E-state index < -0.39 is 157 Å². The van der Waals surface area contributed by atoms with Gasteiger partial charge in [0.05, 0.1) is 50.8 Å². The monoisotopic (exact) mass is 1930 g/mol. The number of ether oxygens (including phenoxy) is 6. The van der Waals surface area contributed by atoms with Gasteiger partial charge >= 0.3 is 30.7 Å². The highest BCUT2D eigenvalue weighted by Crippen LogP contribution is 2.67. The Morgan fingerprint density at radius 3 is 1.18 bits per heavy atom. The van der Waals surface area contributed by atoms with Crippen molar-refractivity contribution in [3.05, 3.63) is 88.0 Å². The maximum absolute atomic E-state index is 13.2. The molecule has 2 saturated heterocycles. The predicted octanol–water partition coefficient (Wildman–Crippen LogP) is 12.9. The number of carbonyl (C=O) groups excluding carboxylic acids is 2. The number of rotatable bonds is 32. The molecule has 12 unspecified atom stereocenters. The van der Waals surface area contributed by atoms with Gasteiger partial charge in [0.1, 0.15) is 72.8 Å². The fourth-order valence-electron chi connectivity index (χ4n) is 24.9. The molecular formula is C94H137F9N2O23S3. The summed E-state index contributed by atoms with van der Waals surface area (Å²) < 4.78 is 184. The lowest BCUT2D eigenvalue weighted by Crippen LogP contribution is -2.60. The molecule has 3 aromatic carbocycles. The summed E-state index contributed by atoms with van der Waals surface area (Å²) >= 11 is 0. The maximum atomic E-state index is 13.2. The van der Waals surface area contributed by atoms with Crippen molar-refractivity contribution < 1.29 is 151 Å². The van der Waals surface area contributed by atoms with Gasteiger partial charge in [-0.25, -0.2) is 9.59 Å². The lowest BCUT2D eigenvalue weighted by molar-refractivity contribution is -0.287. The van der Waals surface area contributed by atoms with E-state index in [-0.39, 0.29) is 137 Å². The third-order valence-corrected chi connectivity index (χ3v) is 35.8. The molecule has 0 aromatic heterocycles. The third kappa shape index (κ3) is 25.0. The van der Waals surface area contributed by atoms with Crippen LogP contribution in [0.3, 0.4) is 0 Å². The smallest absolute Gasteiger partial charge is 0.414 e. The van der Waals surface area contributed by atoms with E-state index >= 15 is 0 Å². The summed E-state index contributed by atoms with van der Waals surface area (Å²) in [5.74, 6) is 4.30. The normalized spacial score (nSPS) is 35.8. The van der Waals surface area contributed by atoms with Crippen LogP contribution >= 0.6 is 0 Å². The lowest BCUT2D eigenvalue weighted by Gasteiger charge is -2.53. The van der Waals surface area contributed by atoms with Gasteiger partial charge in [-0.1, -0.05) is 52.8 Å². The zero-order valence-corrected chi connectivity index (χ0v) is 77.8. The van der Waals surface area contributed by atoms with Crippen molar-refractivity contribution >= 4 is 44.6 Å². The standard InChI is InChI=1S/2C35H52F3NO10S.C24H33F3O3S/c1-3-13-39(33(45)49-32-31(44)30(43)29(42)26(18-40)48-32)19-47-22-6-7-23-21(17-22)16-20(5-4-14-50(46)15-12-35(36,37)38)28-24(23)10-11-34(2)25(28)8-9-27(34)41;1-3-13-39(33(45)49-32-31(44)30(43)29(42)26(18-40)48-32)19-47-27-9-8-25-28-20(5-4-14-50(46)15-12-35(36,37)38)16-21-17-22(41)6-7-23(21)24(28)10-11-34(25,27)2;1-23-9-8-19-18-5-4-17(28)14-16(18)13-15(22(19)20(23)6-7-21(23)29)3-2-11-31(30)12-10-24(25,26)27/h2*6-7,17,20,24-32,40-44H,3-5,8-16,18-19H2,1-2H3;4-5,14-15,19-22,28-29H,2-3,6-13H2,1H3/t2*20-,24?,25?,26-,27+,28?,29-,30+,31-,32+,34+,50?;15-,19?,20?,21+,22?,23+,31?/m111/s1. The van der Waals surface area contributed by atoms with Crippen molar-refractivity contribution in [2.45, 2.75) is 318 Å². The molecule has 2 aliphatic heterocycles. The van der Waals surface area contributed by atoms with E-state index in [1.54, 1.807) is 12.1 Å². The van der Waals surface area contributed by atoms with E-state index in [0.29, 0.717) is 85.5 Å². The van der Waals surface area contributed by atoms with Crippen molar-refractivity contribution in [1.82, 2.24) is 9.80 Å². The highest BCUT2D eigenvalue weighted by atomic mass is 32.2. The lowest BCUT2D eigenvalue weighted by atomic mass is 9.52. The highest BCUT2D eigenvalue weighted by molar-refractivity contribution is 7.85. The molecule has 0 bridgehead atoms. The molecule has 6 saturated carbocycles. The first-order valence-electron chi connectivity index (χ1n) is 47.1. The average Bonchev–Trinajstić information content (AvgIpc) is 1.62. The second-order valence-electron chi connectivity index (χ2n) is 39.6. The van der Waals surface area contributed by atoms with Crippen LogP contribution in [0.25, 0.3) is 0 Å². The van der Waals surface area contributed by atoms with Crippen molar-refractivity contribution in [1.29, 1.82) is 0 Å². The van der Waals surface area contributed by atoms with Crippen molar-refractivity contribution in [3.8, 4) is 17.2 Å². The zero-order valence-electron chi connectivity index (χ0n) is 75.4. The van der Waals surface area contributed by atoms with Crippen LogP contribution < -0.4 is 4.74 Å². The number of hydrogen-bond acceptors (Lipinski definition) is 23. The van der Waals surface area contributed by atoms with E-state index in [1.165, 1.54) is 32.1 Å². The van der Waals surface area contributed by atoms with Crippen LogP contribution in [0.2, 0.25) is 0 Å². The quantitative estimate of drug-likeness (QED) is 0.0204. The van der Waals surface area contributed by atoms with E-state index in [9.17, 15) is 123 Å². The number of hydrogen-bond donors (Lipinski definition) is 12. The first kappa shape index (κ1) is 105. The number of nitrogens with zero attached hydrogens (tertiary/aromatic N) is 2. The molecule has 14 rings (SSSR count). The van der Waals surface area contributed by atoms with Crippen LogP contribution in [0.1, 0.15) is 233 Å². The van der Waals surface area contributed by atoms with E-state index in [4.69, 9.17) is 28.4 Å². The Labute approximate surface area is 768 Å². The molecule has 2 heterocycles. The van der Waals surface area contributed by atoms with Gasteiger partial charge in [0.15, 0.2) is 6.73 Å². The number of alkyl halides is 9. The summed E-state index contributed by atoms with van der Waals surface area (Å²) in [6, 6.07) is 17.1. The molecule has 0 spiro atoms. The second-order valence-corrected chi connectivity index (χ2v) is 44.7. The number of aliphatic hydroxyl groups is 10. The van der Waals surface area contributed by atoms with Crippen LogP contribution in [0.4, 0.5) is 49.1 Å². The minimum atomic E-state index is -4.33. The van der Waals surface area contributed by atoms with Crippen LogP contribution in [-0.2, 0) is 75.3 Å². The van der Waals surface area contributed by atoms with Gasteiger partial charge in [0, 0.05) is 80.0 Å². The molecule has 0 radical (unpaired) electrons. The molecule has 37 heteroatoms. The molecule has 3 aromatic rings. The van der Waals surface area contributed by atoms with Gasteiger partial charge in [0.2, 0.25) is 12.6 Å². The minimum absolute atomic E-state index is 0.0661. The summed E-state index contributed by atoms with van der Waals surface area (Å²) in [6.07, 6.45) is -16.0. The van der Waals surface area contributed by atoms with Gasteiger partial charge < -0.3 is 89.7 Å². The molecule has 131 heavy (non-hydrogen) atoms. The number of benzene rings is 3. The molecular weight excluding hydrogens is 1790 g/mol. The number of amides is 2. The van der Waals surface area contributed by atoms with E-state index in [1.807, 2.05) is 44.2 Å². The topological polar surface area (TPSA) is 390 Å². The summed E-state index contributed by atoms with van der Waals surface area (Å²) in [5.41, 5.74) is 6.67. The summed E-state index contributed by atoms with van der Waals surface area (Å²) in [6.45, 7) is 9.31. The molecule has 9 aliphatic carbocycles. The van der Waals surface area contributed by atoms with Gasteiger partial charge in [-0.05, 0) is 305 Å². The number of fused-ring (bicyclic) bond motifs is 15. The van der Waals surface area contributed by atoms with Gasteiger partial charge in [-0.15, -0.1) is 0 Å². The highest BCUT2D eigenvalue weighted by Gasteiger charge is 2.61. The Morgan fingerprint density at radius 1 is 0.450 bits per heavy atom. The van der Waals surface area contributed by atoms with Crippen LogP contribution in [0, 0.1) is 69.5 Å². The first-order chi connectivity index (χ1) is 61.9. The van der Waals surface area contributed by atoms with Crippen molar-refractivity contribution in [2.24, 2.45) is 69.5 Å². The molecule has 2 amide bonds. The SMILES string of the molecule is CCCN(CO[C@H]1CCC2C3C(CC[C@@]21C)c1ccc(O)cc1C[C@H]3CCCS(=O)CCC(F)(F)F)C(=O)O[C@@H]1O[C@H](CO)[C@@H](O)[C@H](O)[C@H]1O.CCCN(COc1ccc2c(c1)C[C@@H](CCCS(=O)CCC(F)(F)F)C1C2CC[C@@]2(C)C1CC[C@@H]2O)C(=O)O[C@@H]1O[C@H](CO)[C@@H](O)[C@H](O)[C@H]1O.C[C@]12CCC3c4ccc(O)cc4C[C@@H](CCCS(=O)CCC(F)(F)F)C3C1CC[C@@H]2O. The maximum Gasteiger partial charge on any atom is 0.414 e. The van der Waals surface area contributed by atoms with E-state index in [2.05, 4.69) is 32.9 Å². The molecule has 742 valence electrons. The van der Waals surface area contributed by atoms with Gasteiger partial charge in [-0.2, -0.15) is 39.5 Å². The van der Waals surface area contributed by atoms with Crippen molar-refractivity contribution in [2.75, 3.05) is 74.3 Å². The fourth-order valence-corrected chi connectivity index (χ4v) is 28.4. The zero-order chi connectivity index (χ0) is 95.1. The number of phenols is 2. The first-order valence-corrected chi connectivity index (χ1v) is 51.5. The molecule has 12 N–H and O–H groups in total. The van der Waals surface area contributed by atoms with Crippen molar-refractivity contribution in [3.63, 3.8) is 0 Å². The Hall–Kier alpha value is -5.10. The average molecular weight is 1930 g/mol. The number of phenolic OH excluding ortho intramolecular Hbond substituents is 2. The molecule has 8 fully saturated rings. The fraction of sp³-hybridized carbons (Fsp3) is 0.787. The Kier molecular flexibility index (Phi) is 35.8. The largest absolute Gasteiger partial charge is 0.508 e. The number of halogens is 9. The molecule has 31 atom stereocenters. The van der Waals surface area contributed by atoms with Crippen LogP contribution in [0.15, 0.2) is 54.6 Å². The van der Waals surface area contributed by atoms with Gasteiger partial charge in [-0.3, -0.25) is 22.4 Å². The van der Waals surface area contributed by atoms with Crippen LogP contribution in [-0.4, -0.2) is 268 Å². The summed E-state index contributed by atoms with van der Waals surface area (Å²) in [4.78, 5) is 29.0. The Bertz CT molecular complexity index is 4330. The molecule has 11 aliphatic rings. The number of carbonyl (C=O) groups is 2. The predicted molar refractivity (Wildman–Crippen MR) is 468 cm³/mol. The Balaban J connectivity index is 0.000000183. The molecule has 25 nitrogen and oxygen atoms in total. The van der Waals surface area contributed by atoms with Gasteiger partial charge in [0.25, 0.3) is 0 Å². The van der Waals surface area contributed by atoms with E-state index in [0.717, 1.165) is 120 Å². The Morgan fingerprint density at radius 2 is 0.802 bits per heavy atom. The van der Waals surface area contributed by atoms with Crippen LogP contribution in [0.5, 0.6) is 17.2 Å². The summed E-state index contributed by atoms with van der Waals surface area (Å²) in [5, 5.41) is 122. The number of aliphatic hydroxyl groups excluding tert-OH is 10. The number of aromatic hydroxyl groups is 2. The summed E-state index contributed by atoms with van der Waals surface area (Å²) in [7, 11) is -4.55. The minimum Gasteiger partial charge on any atom is -0.508 e. The third-order valence-electron chi connectivity index (χ3n) is 31.6.